The molecule has 2 heterocycles. The van der Waals surface area contributed by atoms with E-state index in [2.05, 4.69) is 21.7 Å². The van der Waals surface area contributed by atoms with Gasteiger partial charge < -0.3 is 9.67 Å². The Labute approximate surface area is 77.6 Å². The van der Waals surface area contributed by atoms with Gasteiger partial charge >= 0.3 is 0 Å². The fourth-order valence-corrected chi connectivity index (χ4v) is 1.78. The average Bonchev–Trinajstić information content (AvgIpc) is 2.49. The van der Waals surface area contributed by atoms with Crippen molar-refractivity contribution in [3.8, 4) is 0 Å². The highest BCUT2D eigenvalue weighted by atomic mass is 16.3. The molecule has 0 saturated heterocycles. The summed E-state index contributed by atoms with van der Waals surface area (Å²) in [6.07, 6.45) is 3.37. The summed E-state index contributed by atoms with van der Waals surface area (Å²) in [5.41, 5.74) is 0. The van der Waals surface area contributed by atoms with Crippen molar-refractivity contribution in [2.75, 3.05) is 0 Å². The summed E-state index contributed by atoms with van der Waals surface area (Å²) in [6.45, 7) is 3.01. The first-order chi connectivity index (χ1) is 6.31. The third-order valence-corrected chi connectivity index (χ3v) is 2.48. The molecule has 72 valence electrons. The Kier molecular flexibility index (Phi) is 2.31. The standard InChI is InChI=1S/C9H15N3O/c1-2-3-8-10-11-9-6-7(13)4-5-12(8)9/h7,13H,2-6H2,1H3. The molecule has 1 aliphatic heterocycles. The summed E-state index contributed by atoms with van der Waals surface area (Å²) in [4.78, 5) is 0. The topological polar surface area (TPSA) is 50.9 Å². The fourth-order valence-electron chi connectivity index (χ4n) is 1.78. The lowest BCUT2D eigenvalue weighted by Gasteiger charge is -2.19. The highest BCUT2D eigenvalue weighted by Gasteiger charge is 2.20. The van der Waals surface area contributed by atoms with Gasteiger partial charge in [-0.15, -0.1) is 10.2 Å². The molecule has 4 nitrogen and oxygen atoms in total. The van der Waals surface area contributed by atoms with Crippen molar-refractivity contribution >= 4 is 0 Å². The van der Waals surface area contributed by atoms with E-state index in [1.807, 2.05) is 0 Å². The van der Waals surface area contributed by atoms with Crippen molar-refractivity contribution < 1.29 is 5.11 Å². The van der Waals surface area contributed by atoms with E-state index in [-0.39, 0.29) is 6.10 Å². The molecule has 0 aliphatic carbocycles. The monoisotopic (exact) mass is 181 g/mol. The van der Waals surface area contributed by atoms with Crippen LogP contribution in [0.4, 0.5) is 0 Å². The number of rotatable bonds is 2. The molecule has 13 heavy (non-hydrogen) atoms. The molecule has 1 aromatic heterocycles. The second-order valence-electron chi connectivity index (χ2n) is 3.58. The Hall–Kier alpha value is -0.900. The number of fused-ring (bicyclic) bond motifs is 1. The van der Waals surface area contributed by atoms with Crippen LogP contribution < -0.4 is 0 Å². The van der Waals surface area contributed by atoms with Crippen LogP contribution in [0.5, 0.6) is 0 Å². The largest absolute Gasteiger partial charge is 0.393 e. The summed E-state index contributed by atoms with van der Waals surface area (Å²) in [7, 11) is 0. The van der Waals surface area contributed by atoms with Crippen LogP contribution in [0.15, 0.2) is 0 Å². The first-order valence-electron chi connectivity index (χ1n) is 4.90. The maximum Gasteiger partial charge on any atom is 0.135 e. The Balaban J connectivity index is 2.23. The zero-order chi connectivity index (χ0) is 9.26. The van der Waals surface area contributed by atoms with Crippen LogP contribution in [-0.2, 0) is 19.4 Å². The smallest absolute Gasteiger partial charge is 0.135 e. The van der Waals surface area contributed by atoms with E-state index >= 15 is 0 Å². The first kappa shape index (κ1) is 8.69. The summed E-state index contributed by atoms with van der Waals surface area (Å²) >= 11 is 0. The second-order valence-corrected chi connectivity index (χ2v) is 3.58. The molecule has 0 aromatic carbocycles. The Bertz CT molecular complexity index is 282. The van der Waals surface area contributed by atoms with Gasteiger partial charge in [0.2, 0.25) is 0 Å². The molecular formula is C9H15N3O. The van der Waals surface area contributed by atoms with Gasteiger partial charge in [-0.1, -0.05) is 6.92 Å². The molecule has 1 unspecified atom stereocenters. The third kappa shape index (κ3) is 1.58. The second kappa shape index (κ2) is 3.46. The fraction of sp³-hybridized carbons (Fsp3) is 0.778. The van der Waals surface area contributed by atoms with Gasteiger partial charge in [0.15, 0.2) is 0 Å². The molecule has 1 aliphatic rings. The molecule has 0 spiro atoms. The van der Waals surface area contributed by atoms with Crippen molar-refractivity contribution in [2.45, 2.75) is 45.3 Å². The summed E-state index contributed by atoms with van der Waals surface area (Å²) in [5, 5.41) is 17.6. The predicted molar refractivity (Wildman–Crippen MR) is 48.3 cm³/mol. The lowest BCUT2D eigenvalue weighted by Crippen LogP contribution is -2.24. The summed E-state index contributed by atoms with van der Waals surface area (Å²) < 4.78 is 2.15. The Morgan fingerprint density at radius 3 is 3.15 bits per heavy atom. The maximum absolute atomic E-state index is 9.41. The first-order valence-corrected chi connectivity index (χ1v) is 4.90. The van der Waals surface area contributed by atoms with Gasteiger partial charge in [0.05, 0.1) is 6.10 Å². The number of hydrogen-bond acceptors (Lipinski definition) is 3. The lowest BCUT2D eigenvalue weighted by atomic mass is 10.1. The van der Waals surface area contributed by atoms with E-state index in [0.29, 0.717) is 6.42 Å². The summed E-state index contributed by atoms with van der Waals surface area (Å²) in [5.74, 6) is 2.02. The van der Waals surface area contributed by atoms with Crippen molar-refractivity contribution in [3.63, 3.8) is 0 Å². The molecular weight excluding hydrogens is 166 g/mol. The van der Waals surface area contributed by atoms with Gasteiger partial charge in [-0.2, -0.15) is 0 Å². The van der Waals surface area contributed by atoms with Crippen molar-refractivity contribution in [3.05, 3.63) is 11.6 Å². The number of nitrogens with zero attached hydrogens (tertiary/aromatic N) is 3. The normalized spacial score (nSPS) is 21.5. The van der Waals surface area contributed by atoms with E-state index in [1.54, 1.807) is 0 Å². The number of hydrogen-bond donors (Lipinski definition) is 1. The number of aliphatic hydroxyl groups is 1. The van der Waals surface area contributed by atoms with Gasteiger partial charge in [0.1, 0.15) is 11.6 Å². The van der Waals surface area contributed by atoms with Crippen molar-refractivity contribution in [1.29, 1.82) is 0 Å². The molecule has 1 N–H and O–H groups in total. The van der Waals surface area contributed by atoms with Gasteiger partial charge in [-0.05, 0) is 12.8 Å². The molecule has 2 rings (SSSR count). The lowest BCUT2D eigenvalue weighted by molar-refractivity contribution is 0.141. The minimum atomic E-state index is -0.217. The molecule has 1 aromatic rings. The molecule has 0 fully saturated rings. The quantitative estimate of drug-likeness (QED) is 0.724. The van der Waals surface area contributed by atoms with Crippen LogP contribution in [0.3, 0.4) is 0 Å². The maximum atomic E-state index is 9.41. The Morgan fingerprint density at radius 1 is 1.54 bits per heavy atom. The van der Waals surface area contributed by atoms with E-state index in [0.717, 1.165) is 37.5 Å². The van der Waals surface area contributed by atoms with Crippen molar-refractivity contribution in [1.82, 2.24) is 14.8 Å². The molecule has 0 saturated carbocycles. The van der Waals surface area contributed by atoms with Gasteiger partial charge in [0.25, 0.3) is 0 Å². The highest BCUT2D eigenvalue weighted by molar-refractivity contribution is 5.00. The average molecular weight is 181 g/mol. The Morgan fingerprint density at radius 2 is 2.38 bits per heavy atom. The van der Waals surface area contributed by atoms with Crippen LogP contribution in [0.1, 0.15) is 31.4 Å². The number of aliphatic hydroxyl groups excluding tert-OH is 1. The predicted octanol–water partition coefficient (Wildman–Crippen LogP) is 0.538. The molecule has 4 heteroatoms. The molecule has 0 radical (unpaired) electrons. The third-order valence-electron chi connectivity index (χ3n) is 2.48. The van der Waals surface area contributed by atoms with Crippen molar-refractivity contribution in [2.24, 2.45) is 0 Å². The van der Waals surface area contributed by atoms with Crippen LogP contribution in [0.2, 0.25) is 0 Å². The van der Waals surface area contributed by atoms with Crippen LogP contribution in [0.25, 0.3) is 0 Å². The summed E-state index contributed by atoms with van der Waals surface area (Å²) in [6, 6.07) is 0. The van der Waals surface area contributed by atoms with Crippen LogP contribution >= 0.6 is 0 Å². The molecule has 1 atom stereocenters. The zero-order valence-electron chi connectivity index (χ0n) is 7.90. The van der Waals surface area contributed by atoms with E-state index in [9.17, 15) is 5.11 Å². The van der Waals surface area contributed by atoms with E-state index in [1.165, 1.54) is 0 Å². The van der Waals surface area contributed by atoms with Gasteiger partial charge in [-0.3, -0.25) is 0 Å². The van der Waals surface area contributed by atoms with Crippen LogP contribution in [-0.4, -0.2) is 26.0 Å². The minimum absolute atomic E-state index is 0.217. The van der Waals surface area contributed by atoms with Crippen LogP contribution in [0, 0.1) is 0 Å². The number of aromatic nitrogens is 3. The van der Waals surface area contributed by atoms with Gasteiger partial charge in [0, 0.05) is 19.4 Å². The number of aryl methyl sites for hydroxylation is 1. The molecule has 0 amide bonds. The van der Waals surface area contributed by atoms with E-state index in [4.69, 9.17) is 0 Å². The minimum Gasteiger partial charge on any atom is -0.393 e. The zero-order valence-corrected chi connectivity index (χ0v) is 7.90. The highest BCUT2D eigenvalue weighted by Crippen LogP contribution is 2.15. The SMILES string of the molecule is CCCc1nnc2n1CCC(O)C2. The molecule has 0 bridgehead atoms. The van der Waals surface area contributed by atoms with E-state index < -0.39 is 0 Å². The van der Waals surface area contributed by atoms with Gasteiger partial charge in [-0.25, -0.2) is 0 Å².